The molecule has 7 heteroatoms. The number of ketones is 1. The lowest BCUT2D eigenvalue weighted by Crippen LogP contribution is -3.00. The Hall–Kier alpha value is -2.64. The fraction of sp³-hybridized carbons (Fsp3) is 0.429. The van der Waals surface area contributed by atoms with Crippen molar-refractivity contribution < 1.29 is 40.5 Å². The minimum Gasteiger partial charge on any atom is -1.00 e. The van der Waals surface area contributed by atoms with Gasteiger partial charge in [0.2, 0.25) is 0 Å². The molecule has 0 aliphatic carbocycles. The minimum atomic E-state index is 0. The summed E-state index contributed by atoms with van der Waals surface area (Å²) in [4.78, 5) is 24.1. The highest BCUT2D eigenvalue weighted by Crippen LogP contribution is 2.35. The molecule has 0 bridgehead atoms. The SMILES string of the molecule is C=CCc1cccc(Oc2ccc(C(=O)CC)cc2)c1OCC[N+](C)(C)CC(=O)NCCCC.[Br-]. The summed E-state index contributed by atoms with van der Waals surface area (Å²) in [7, 11) is 4.05. The van der Waals surface area contributed by atoms with E-state index in [1.807, 2.05) is 45.3 Å². The molecule has 0 aliphatic rings. The van der Waals surface area contributed by atoms with E-state index in [2.05, 4.69) is 18.8 Å². The molecule has 0 spiro atoms. The molecule has 0 fully saturated rings. The van der Waals surface area contributed by atoms with E-state index in [4.69, 9.17) is 9.47 Å². The standard InChI is InChI=1S/C28H38N2O4.BrH/c1-6-9-18-29-27(32)21-30(4,5)19-20-33-28-23(11-7-2)12-10-13-26(28)34-24-16-14-22(15-17-24)25(31)8-3;/h7,10,12-17H,2,6,8-9,11,18-21H2,1,3-5H3;1H. The highest BCUT2D eigenvalue weighted by Gasteiger charge is 2.21. The largest absolute Gasteiger partial charge is 1.00 e. The first-order valence-corrected chi connectivity index (χ1v) is 12.0. The van der Waals surface area contributed by atoms with Gasteiger partial charge in [-0.3, -0.25) is 9.59 Å². The predicted octanol–water partition coefficient (Wildman–Crippen LogP) is 2.18. The Morgan fingerprint density at radius 3 is 2.43 bits per heavy atom. The quantitative estimate of drug-likeness (QED) is 0.161. The van der Waals surface area contributed by atoms with Crippen LogP contribution < -0.4 is 31.8 Å². The van der Waals surface area contributed by atoms with Crippen molar-refractivity contribution in [1.29, 1.82) is 0 Å². The third kappa shape index (κ3) is 10.2. The molecule has 2 rings (SSSR count). The fourth-order valence-corrected chi connectivity index (χ4v) is 3.48. The zero-order chi connectivity index (χ0) is 25.0. The molecule has 0 atom stereocenters. The number of carbonyl (C=O) groups excluding carboxylic acids is 2. The number of quaternary nitrogens is 1. The lowest BCUT2D eigenvalue weighted by Gasteiger charge is -2.29. The summed E-state index contributed by atoms with van der Waals surface area (Å²) in [5.74, 6) is 2.07. The van der Waals surface area contributed by atoms with Gasteiger partial charge in [-0.2, -0.15) is 0 Å². The third-order valence-corrected chi connectivity index (χ3v) is 5.52. The molecule has 1 amide bonds. The number of nitrogens with zero attached hydrogens (tertiary/aromatic N) is 1. The summed E-state index contributed by atoms with van der Waals surface area (Å²) in [6.07, 6.45) is 4.99. The van der Waals surface area contributed by atoms with Crippen LogP contribution in [-0.4, -0.2) is 56.5 Å². The number of benzene rings is 2. The van der Waals surface area contributed by atoms with Crippen molar-refractivity contribution in [3.63, 3.8) is 0 Å². The molecule has 0 heterocycles. The van der Waals surface area contributed by atoms with Crippen LogP contribution in [0.3, 0.4) is 0 Å². The summed E-state index contributed by atoms with van der Waals surface area (Å²) in [6, 6.07) is 12.9. The number of amides is 1. The second-order valence-corrected chi connectivity index (χ2v) is 9.01. The number of para-hydroxylation sites is 1. The molecule has 6 nitrogen and oxygen atoms in total. The van der Waals surface area contributed by atoms with E-state index >= 15 is 0 Å². The van der Waals surface area contributed by atoms with Crippen molar-refractivity contribution in [1.82, 2.24) is 5.32 Å². The molecule has 0 aliphatic heterocycles. The van der Waals surface area contributed by atoms with Crippen LogP contribution in [0.1, 0.15) is 49.0 Å². The van der Waals surface area contributed by atoms with Crippen molar-refractivity contribution in [3.05, 3.63) is 66.2 Å². The van der Waals surface area contributed by atoms with Gasteiger partial charge in [0, 0.05) is 24.1 Å². The van der Waals surface area contributed by atoms with Crippen LogP contribution >= 0.6 is 0 Å². The zero-order valence-corrected chi connectivity index (χ0v) is 23.0. The van der Waals surface area contributed by atoms with Crippen molar-refractivity contribution in [2.24, 2.45) is 0 Å². The Bertz CT molecular complexity index is 958. The molecule has 2 aromatic rings. The van der Waals surface area contributed by atoms with E-state index in [0.717, 1.165) is 24.9 Å². The van der Waals surface area contributed by atoms with Gasteiger partial charge in [-0.05, 0) is 43.2 Å². The number of halogens is 1. The Morgan fingerprint density at radius 1 is 1.09 bits per heavy atom. The van der Waals surface area contributed by atoms with Crippen LogP contribution in [0.2, 0.25) is 0 Å². The molecule has 0 saturated heterocycles. The van der Waals surface area contributed by atoms with Gasteiger partial charge in [-0.25, -0.2) is 0 Å². The monoisotopic (exact) mass is 546 g/mol. The molecule has 2 aromatic carbocycles. The van der Waals surface area contributed by atoms with Gasteiger partial charge in [-0.15, -0.1) is 6.58 Å². The summed E-state index contributed by atoms with van der Waals surface area (Å²) in [5, 5.41) is 2.98. The second-order valence-electron chi connectivity index (χ2n) is 9.01. The summed E-state index contributed by atoms with van der Waals surface area (Å²) >= 11 is 0. The van der Waals surface area contributed by atoms with Crippen LogP contribution in [0.5, 0.6) is 17.2 Å². The maximum absolute atomic E-state index is 12.2. The number of Topliss-reactive ketones (excluding diaryl/α,β-unsaturated/α-hetero) is 1. The van der Waals surface area contributed by atoms with Gasteiger partial charge >= 0.3 is 0 Å². The highest BCUT2D eigenvalue weighted by molar-refractivity contribution is 5.95. The van der Waals surface area contributed by atoms with Crippen molar-refractivity contribution in [2.45, 2.75) is 39.5 Å². The third-order valence-electron chi connectivity index (χ3n) is 5.52. The number of hydrogen-bond acceptors (Lipinski definition) is 4. The van der Waals surface area contributed by atoms with Crippen molar-refractivity contribution in [2.75, 3.05) is 40.3 Å². The van der Waals surface area contributed by atoms with Crippen molar-refractivity contribution in [3.8, 4) is 17.2 Å². The van der Waals surface area contributed by atoms with Gasteiger partial charge in [0.05, 0.1) is 14.1 Å². The van der Waals surface area contributed by atoms with E-state index < -0.39 is 0 Å². The molecular weight excluding hydrogens is 508 g/mol. The minimum absolute atomic E-state index is 0. The molecule has 0 unspecified atom stereocenters. The number of carbonyl (C=O) groups is 2. The van der Waals surface area contributed by atoms with Gasteiger partial charge in [-0.1, -0.05) is 38.5 Å². The topological polar surface area (TPSA) is 64.6 Å². The van der Waals surface area contributed by atoms with Gasteiger partial charge in [0.25, 0.3) is 5.91 Å². The zero-order valence-electron chi connectivity index (χ0n) is 21.4. The predicted molar refractivity (Wildman–Crippen MR) is 137 cm³/mol. The lowest BCUT2D eigenvalue weighted by atomic mass is 10.1. The van der Waals surface area contributed by atoms with Gasteiger partial charge in [0.15, 0.2) is 23.8 Å². The van der Waals surface area contributed by atoms with Crippen LogP contribution in [0.15, 0.2) is 55.1 Å². The highest BCUT2D eigenvalue weighted by atomic mass is 79.9. The Labute approximate surface area is 220 Å². The molecule has 192 valence electrons. The number of allylic oxidation sites excluding steroid dienone is 1. The van der Waals surface area contributed by atoms with Crippen LogP contribution in [0.4, 0.5) is 0 Å². The maximum Gasteiger partial charge on any atom is 0.275 e. The Morgan fingerprint density at radius 2 is 1.80 bits per heavy atom. The summed E-state index contributed by atoms with van der Waals surface area (Å²) in [5.41, 5.74) is 1.65. The fourth-order valence-electron chi connectivity index (χ4n) is 3.48. The number of hydrogen-bond donors (Lipinski definition) is 1. The van der Waals surface area contributed by atoms with Crippen LogP contribution in [-0.2, 0) is 11.2 Å². The molecule has 0 saturated carbocycles. The number of ether oxygens (including phenoxy) is 2. The normalized spacial score (nSPS) is 10.7. The Balaban J connectivity index is 0.00000612. The smallest absolute Gasteiger partial charge is 0.275 e. The van der Waals surface area contributed by atoms with E-state index in [-0.39, 0.29) is 28.7 Å². The maximum atomic E-state index is 12.2. The number of nitrogens with one attached hydrogen (secondary N) is 1. The first-order valence-electron chi connectivity index (χ1n) is 12.0. The second kappa shape index (κ2) is 15.4. The van der Waals surface area contributed by atoms with Crippen molar-refractivity contribution >= 4 is 11.7 Å². The number of unbranched alkanes of at least 4 members (excludes halogenated alkanes) is 1. The number of likely N-dealkylation sites (N-methyl/N-ethyl adjacent to an activating group) is 1. The van der Waals surface area contributed by atoms with Gasteiger partial charge < -0.3 is 36.3 Å². The Kier molecular flexibility index (Phi) is 13.3. The summed E-state index contributed by atoms with van der Waals surface area (Å²) < 4.78 is 12.9. The number of rotatable bonds is 15. The lowest BCUT2D eigenvalue weighted by molar-refractivity contribution is -0.882. The molecule has 1 N–H and O–H groups in total. The average molecular weight is 548 g/mol. The summed E-state index contributed by atoms with van der Waals surface area (Å²) in [6.45, 7) is 10.0. The van der Waals surface area contributed by atoms with Crippen LogP contribution in [0.25, 0.3) is 0 Å². The molecular formula is C28H39BrN2O4. The average Bonchev–Trinajstić information content (AvgIpc) is 2.80. The van der Waals surface area contributed by atoms with Crippen LogP contribution in [0, 0.1) is 0 Å². The van der Waals surface area contributed by atoms with E-state index in [9.17, 15) is 9.59 Å². The van der Waals surface area contributed by atoms with E-state index in [1.165, 1.54) is 0 Å². The van der Waals surface area contributed by atoms with E-state index in [0.29, 0.717) is 59.8 Å². The van der Waals surface area contributed by atoms with Gasteiger partial charge in [0.1, 0.15) is 18.9 Å². The first-order chi connectivity index (χ1) is 16.3. The molecule has 35 heavy (non-hydrogen) atoms. The molecule has 0 aromatic heterocycles. The first kappa shape index (κ1) is 30.4. The molecule has 0 radical (unpaired) electrons. The van der Waals surface area contributed by atoms with E-state index in [1.54, 1.807) is 24.3 Å².